The molecule has 18 heavy (non-hydrogen) atoms. The van der Waals surface area contributed by atoms with Crippen LogP contribution in [0.3, 0.4) is 0 Å². The van der Waals surface area contributed by atoms with Gasteiger partial charge in [0.05, 0.1) is 12.8 Å². The molecule has 2 rings (SSSR count). The molecule has 1 amide bonds. The summed E-state index contributed by atoms with van der Waals surface area (Å²) in [5.41, 5.74) is -0.0257. The number of amides is 1. The summed E-state index contributed by atoms with van der Waals surface area (Å²) in [6, 6.07) is 3.68. The minimum Gasteiger partial charge on any atom is -0.459 e. The zero-order valence-electron chi connectivity index (χ0n) is 8.82. The molecule has 0 atom stereocenters. The summed E-state index contributed by atoms with van der Waals surface area (Å²) in [7, 11) is 0. The van der Waals surface area contributed by atoms with Crippen molar-refractivity contribution in [3.8, 4) is 0 Å². The van der Waals surface area contributed by atoms with E-state index in [1.807, 2.05) is 0 Å². The van der Waals surface area contributed by atoms with Crippen molar-refractivity contribution in [3.05, 3.63) is 41.7 Å². The molecular weight excluding hydrogens is 253 g/mol. The second-order valence-electron chi connectivity index (χ2n) is 3.34. The highest BCUT2D eigenvalue weighted by atomic mass is 19.4. The van der Waals surface area contributed by atoms with E-state index in [0.717, 1.165) is 6.07 Å². The van der Waals surface area contributed by atoms with Gasteiger partial charge in [-0.25, -0.2) is 0 Å². The van der Waals surface area contributed by atoms with Crippen LogP contribution in [0.4, 0.5) is 13.2 Å². The molecule has 2 aromatic rings. The van der Waals surface area contributed by atoms with Crippen molar-refractivity contribution in [2.75, 3.05) is 0 Å². The van der Waals surface area contributed by atoms with Crippen LogP contribution in [0.2, 0.25) is 0 Å². The van der Waals surface area contributed by atoms with E-state index in [1.54, 1.807) is 0 Å². The largest absolute Gasteiger partial charge is 0.459 e. The molecule has 0 aromatic carbocycles. The Morgan fingerprint density at radius 1 is 1.44 bits per heavy atom. The SMILES string of the molecule is O=C(NCc1cc(C(F)(F)F)on1)c1ccco1. The predicted octanol–water partition coefficient (Wildman–Crippen LogP) is 2.22. The van der Waals surface area contributed by atoms with Crippen LogP contribution >= 0.6 is 0 Å². The standard InChI is InChI=1S/C10H7F3N2O3/c11-10(12,13)8-4-6(15-18-8)5-14-9(16)7-2-1-3-17-7/h1-4H,5H2,(H,14,16). The van der Waals surface area contributed by atoms with Gasteiger partial charge in [-0.2, -0.15) is 13.2 Å². The molecule has 0 radical (unpaired) electrons. The Bertz CT molecular complexity index is 531. The average Bonchev–Trinajstić information content (AvgIpc) is 2.96. The molecule has 2 heterocycles. The Balaban J connectivity index is 1.95. The average molecular weight is 260 g/mol. The van der Waals surface area contributed by atoms with Gasteiger partial charge in [0.25, 0.3) is 5.91 Å². The van der Waals surface area contributed by atoms with E-state index in [-0.39, 0.29) is 18.0 Å². The molecule has 1 N–H and O–H groups in total. The third kappa shape index (κ3) is 2.70. The molecule has 0 bridgehead atoms. The van der Waals surface area contributed by atoms with Crippen molar-refractivity contribution < 1.29 is 26.9 Å². The smallest absolute Gasteiger partial charge is 0.452 e. The van der Waals surface area contributed by atoms with Crippen molar-refractivity contribution in [2.45, 2.75) is 12.7 Å². The van der Waals surface area contributed by atoms with Gasteiger partial charge in [-0.1, -0.05) is 5.16 Å². The number of alkyl halides is 3. The van der Waals surface area contributed by atoms with Crippen molar-refractivity contribution in [2.24, 2.45) is 0 Å². The van der Waals surface area contributed by atoms with E-state index in [4.69, 9.17) is 4.42 Å². The monoisotopic (exact) mass is 260 g/mol. The summed E-state index contributed by atoms with van der Waals surface area (Å²) < 4.78 is 45.5. The van der Waals surface area contributed by atoms with Crippen LogP contribution < -0.4 is 5.32 Å². The number of carbonyl (C=O) groups is 1. The number of nitrogens with one attached hydrogen (secondary N) is 1. The summed E-state index contributed by atoms with van der Waals surface area (Å²) in [4.78, 5) is 11.4. The third-order valence-corrected chi connectivity index (χ3v) is 2.01. The first-order valence-corrected chi connectivity index (χ1v) is 4.81. The number of halogens is 3. The highest BCUT2D eigenvalue weighted by Crippen LogP contribution is 2.29. The number of furan rings is 1. The van der Waals surface area contributed by atoms with Gasteiger partial charge in [0, 0.05) is 6.07 Å². The van der Waals surface area contributed by atoms with Crippen LogP contribution in [0, 0.1) is 0 Å². The van der Waals surface area contributed by atoms with Gasteiger partial charge in [-0.05, 0) is 12.1 Å². The third-order valence-electron chi connectivity index (χ3n) is 2.01. The Morgan fingerprint density at radius 2 is 2.22 bits per heavy atom. The van der Waals surface area contributed by atoms with Gasteiger partial charge in [-0.3, -0.25) is 4.79 Å². The summed E-state index contributed by atoms with van der Waals surface area (Å²) in [6.45, 7) is -0.181. The first kappa shape index (κ1) is 12.2. The fourth-order valence-corrected chi connectivity index (χ4v) is 1.19. The van der Waals surface area contributed by atoms with Gasteiger partial charge in [0.2, 0.25) is 5.76 Å². The molecule has 2 aromatic heterocycles. The molecule has 0 aliphatic rings. The molecule has 8 heteroatoms. The quantitative estimate of drug-likeness (QED) is 0.918. The summed E-state index contributed by atoms with van der Waals surface area (Å²) >= 11 is 0. The van der Waals surface area contributed by atoms with Gasteiger partial charge in [0.1, 0.15) is 5.69 Å². The number of hydrogen-bond donors (Lipinski definition) is 1. The molecular formula is C10H7F3N2O3. The molecule has 0 aliphatic carbocycles. The molecule has 0 saturated carbocycles. The second kappa shape index (κ2) is 4.55. The lowest BCUT2D eigenvalue weighted by molar-refractivity contribution is -0.155. The second-order valence-corrected chi connectivity index (χ2v) is 3.34. The Labute approximate surface area is 98.6 Å². The first-order chi connectivity index (χ1) is 8.47. The Kier molecular flexibility index (Phi) is 3.09. The number of aromatic nitrogens is 1. The molecule has 96 valence electrons. The minimum absolute atomic E-state index is 0.0257. The maximum atomic E-state index is 12.2. The van der Waals surface area contributed by atoms with E-state index in [1.165, 1.54) is 18.4 Å². The fraction of sp³-hybridized carbons (Fsp3) is 0.200. The maximum Gasteiger partial charge on any atom is 0.452 e. The van der Waals surface area contributed by atoms with E-state index in [2.05, 4.69) is 15.0 Å². The molecule has 0 saturated heterocycles. The lowest BCUT2D eigenvalue weighted by atomic mass is 10.3. The minimum atomic E-state index is -4.59. The van der Waals surface area contributed by atoms with Crippen molar-refractivity contribution in [1.82, 2.24) is 10.5 Å². The molecule has 0 fully saturated rings. The predicted molar refractivity (Wildman–Crippen MR) is 51.4 cm³/mol. The topological polar surface area (TPSA) is 68.3 Å². The van der Waals surface area contributed by atoms with Gasteiger partial charge < -0.3 is 14.3 Å². The van der Waals surface area contributed by atoms with Crippen LogP contribution in [0.25, 0.3) is 0 Å². The number of nitrogens with zero attached hydrogens (tertiary/aromatic N) is 1. The van der Waals surface area contributed by atoms with Crippen molar-refractivity contribution in [3.63, 3.8) is 0 Å². The van der Waals surface area contributed by atoms with Crippen LogP contribution in [-0.4, -0.2) is 11.1 Å². The lowest BCUT2D eigenvalue weighted by Gasteiger charge is -1.99. The number of rotatable bonds is 3. The van der Waals surface area contributed by atoms with Gasteiger partial charge in [0.15, 0.2) is 5.76 Å². The summed E-state index contributed by atoms with van der Waals surface area (Å²) in [5, 5.41) is 5.54. The molecule has 5 nitrogen and oxygen atoms in total. The highest BCUT2D eigenvalue weighted by Gasteiger charge is 2.36. The molecule has 0 unspecified atom stereocenters. The van der Waals surface area contributed by atoms with Gasteiger partial charge in [-0.15, -0.1) is 0 Å². The molecule has 0 aliphatic heterocycles. The Morgan fingerprint density at radius 3 is 2.78 bits per heavy atom. The normalized spacial score (nSPS) is 11.5. The van der Waals surface area contributed by atoms with Gasteiger partial charge >= 0.3 is 6.18 Å². The van der Waals surface area contributed by atoms with Crippen molar-refractivity contribution >= 4 is 5.91 Å². The van der Waals surface area contributed by atoms with Crippen LogP contribution in [-0.2, 0) is 12.7 Å². The number of hydrogen-bond acceptors (Lipinski definition) is 4. The van der Waals surface area contributed by atoms with Crippen LogP contribution in [0.1, 0.15) is 22.0 Å². The summed E-state index contributed by atoms with van der Waals surface area (Å²) in [6.07, 6.45) is -3.27. The van der Waals surface area contributed by atoms with E-state index >= 15 is 0 Å². The van der Waals surface area contributed by atoms with Crippen molar-refractivity contribution in [1.29, 1.82) is 0 Å². The fourth-order valence-electron chi connectivity index (χ4n) is 1.19. The van der Waals surface area contributed by atoms with E-state index in [0.29, 0.717) is 0 Å². The summed E-state index contributed by atoms with van der Waals surface area (Å²) in [5.74, 6) is -1.68. The highest BCUT2D eigenvalue weighted by molar-refractivity contribution is 5.91. The maximum absolute atomic E-state index is 12.2. The number of carbonyl (C=O) groups excluding carboxylic acids is 1. The zero-order chi connectivity index (χ0) is 13.2. The first-order valence-electron chi connectivity index (χ1n) is 4.81. The van der Waals surface area contributed by atoms with Crippen LogP contribution in [0.5, 0.6) is 0 Å². The van der Waals surface area contributed by atoms with E-state index < -0.39 is 17.8 Å². The lowest BCUT2D eigenvalue weighted by Crippen LogP contribution is -2.22. The Hall–Kier alpha value is -2.25. The van der Waals surface area contributed by atoms with Crippen LogP contribution in [0.15, 0.2) is 33.4 Å². The van der Waals surface area contributed by atoms with E-state index in [9.17, 15) is 18.0 Å². The zero-order valence-corrected chi connectivity index (χ0v) is 8.82. The molecule has 0 spiro atoms.